The number of hydrogen-bond donors (Lipinski definition) is 0. The first-order valence-electron chi connectivity index (χ1n) is 28.5. The van der Waals surface area contributed by atoms with E-state index in [2.05, 4.69) is 117 Å². The molecule has 8 aromatic rings. The Kier molecular flexibility index (Phi) is 24.0. The van der Waals surface area contributed by atoms with Crippen LogP contribution in [0.5, 0.6) is 0 Å². The molecule has 0 N–H and O–H groups in total. The summed E-state index contributed by atoms with van der Waals surface area (Å²) in [6.07, 6.45) is 11.5. The van der Waals surface area contributed by atoms with E-state index in [1.54, 1.807) is 14.3 Å². The van der Waals surface area contributed by atoms with Gasteiger partial charge in [-0.25, -0.2) is 19.9 Å². The molecule has 21 nitrogen and oxygen atoms in total. The molecule has 0 radical (unpaired) electrons. The first-order valence-corrected chi connectivity index (χ1v) is 29.3. The largest absolute Gasteiger partial charge is 1.00 e. The predicted molar refractivity (Wildman–Crippen MR) is 327 cm³/mol. The van der Waals surface area contributed by atoms with Gasteiger partial charge in [-0.3, -0.25) is 23.7 Å². The second kappa shape index (κ2) is 29.6. The number of benzene rings is 2. The van der Waals surface area contributed by atoms with Crippen LogP contribution in [0.25, 0.3) is 55.6 Å². The molecule has 11 heterocycles. The summed E-state index contributed by atoms with van der Waals surface area (Å²) in [5.41, 5.74) is 12.5. The summed E-state index contributed by atoms with van der Waals surface area (Å²) in [6, 6.07) is 16.3. The number of halogens is 1. The number of rotatable bonds is 7. The fourth-order valence-electron chi connectivity index (χ4n) is 11.9. The van der Waals surface area contributed by atoms with Crippen LogP contribution in [0.15, 0.2) is 77.9 Å². The molecule has 3 fully saturated rings. The first kappa shape index (κ1) is 70.6. The van der Waals surface area contributed by atoms with Crippen LogP contribution in [0.1, 0.15) is 134 Å². The summed E-state index contributed by atoms with van der Waals surface area (Å²) in [5.74, 6) is 3.04. The number of carbonyl (C=O) groups is 3. The number of fused-ring (bicyclic) bond motifs is 4. The number of imidazole rings is 2. The number of aromatic nitrogens is 10. The van der Waals surface area contributed by atoms with E-state index >= 15 is 0 Å². The summed E-state index contributed by atoms with van der Waals surface area (Å²) in [5, 5.41) is 19.2. The Bertz CT molecular complexity index is 3750. The van der Waals surface area contributed by atoms with Crippen molar-refractivity contribution >= 4 is 68.6 Å². The van der Waals surface area contributed by atoms with Gasteiger partial charge in [0.25, 0.3) is 6.47 Å². The molecule has 87 heavy (non-hydrogen) atoms. The minimum Gasteiger partial charge on any atom is -1.00 e. The SMILES string of the molecule is C.CC1C(=O)N(C)Cc2c(Br)nc(C3CCOCC3)n21.Cc1cc2c(-c3nc(C4CCOCC4)n4c3CN(C)C(=O)C4C)cccc2nc1-c1cnn(C)c1.Cc1cc2c(B3OC(C)(C)C(C)(C)O3)cccc2nc1-c1cnn(C)c1.O=CO[O-].[H-].[K+].[K+]. The van der Waals surface area contributed by atoms with Crippen LogP contribution in [0.3, 0.4) is 0 Å². The van der Waals surface area contributed by atoms with Crippen molar-refractivity contribution in [2.45, 2.75) is 137 Å². The number of hydrogen-bond acceptors (Lipinski definition) is 15. The topological polar surface area (TPSA) is 224 Å². The molecule has 5 aliphatic heterocycles. The van der Waals surface area contributed by atoms with Gasteiger partial charge in [0.15, 0.2) is 0 Å². The van der Waals surface area contributed by atoms with Crippen molar-refractivity contribution in [1.82, 2.24) is 58.4 Å². The number of likely N-dealkylation sites (N-methyl/N-ethyl adjacent to an activating group) is 2. The Balaban J connectivity index is 0.000000208. The Labute approximate surface area is 604 Å². The number of carbonyl (C=O) groups excluding carboxylic acids is 3. The Morgan fingerprint density at radius 2 is 1.10 bits per heavy atom. The predicted octanol–water partition coefficient (Wildman–Crippen LogP) is 2.74. The van der Waals surface area contributed by atoms with Gasteiger partial charge in [0.05, 0.1) is 76.2 Å². The van der Waals surface area contributed by atoms with E-state index in [1.165, 1.54) is 0 Å². The van der Waals surface area contributed by atoms with Crippen LogP contribution in [-0.4, -0.2) is 136 Å². The van der Waals surface area contributed by atoms with Gasteiger partial charge >= 0.3 is 110 Å². The minimum atomic E-state index is -0.394. The zero-order valence-electron chi connectivity index (χ0n) is 52.9. The first-order chi connectivity index (χ1) is 40.1. The summed E-state index contributed by atoms with van der Waals surface area (Å²) in [6.45, 7) is 20.4. The molecule has 2 aromatic carbocycles. The Hall–Kier alpha value is -3.87. The van der Waals surface area contributed by atoms with Gasteiger partial charge in [-0.05, 0) is 138 Å². The second-order valence-electron chi connectivity index (χ2n) is 23.4. The average Bonchev–Trinajstić information content (AvgIpc) is 1.79. The molecule has 25 heteroatoms. The minimum absolute atomic E-state index is 0. The number of amides is 2. The van der Waals surface area contributed by atoms with Gasteiger partial charge in [0.1, 0.15) is 28.3 Å². The van der Waals surface area contributed by atoms with E-state index in [0.29, 0.717) is 24.9 Å². The third-order valence-electron chi connectivity index (χ3n) is 17.1. The molecule has 0 aliphatic carbocycles. The summed E-state index contributed by atoms with van der Waals surface area (Å²) >= 11 is 3.54. The van der Waals surface area contributed by atoms with Gasteiger partial charge in [-0.2, -0.15) is 10.2 Å². The van der Waals surface area contributed by atoms with Crippen molar-refractivity contribution in [2.24, 2.45) is 14.1 Å². The Morgan fingerprint density at radius 1 is 0.667 bits per heavy atom. The average molecular weight is 1300 g/mol. The van der Waals surface area contributed by atoms with E-state index < -0.39 is 7.12 Å². The van der Waals surface area contributed by atoms with Crippen molar-refractivity contribution in [1.29, 1.82) is 0 Å². The molecule has 2 unspecified atom stereocenters. The molecule has 6 aromatic heterocycles. The molecule has 5 aliphatic rings. The van der Waals surface area contributed by atoms with Gasteiger partial charge < -0.3 is 49.3 Å². The third-order valence-corrected chi connectivity index (χ3v) is 17.7. The summed E-state index contributed by atoms with van der Waals surface area (Å²) < 4.78 is 32.3. The van der Waals surface area contributed by atoms with E-state index in [0.717, 1.165) is 152 Å². The van der Waals surface area contributed by atoms with Crippen LogP contribution in [-0.2, 0) is 65.2 Å². The van der Waals surface area contributed by atoms with Gasteiger partial charge in [0, 0.05) is 106 Å². The van der Waals surface area contributed by atoms with E-state index in [9.17, 15) is 9.59 Å². The van der Waals surface area contributed by atoms with Crippen LogP contribution >= 0.6 is 15.9 Å². The number of pyridine rings is 2. The molecule has 13 rings (SSSR count). The summed E-state index contributed by atoms with van der Waals surface area (Å²) in [4.78, 5) is 59.8. The molecular formula is C62H78BBrK2N12O9. The van der Waals surface area contributed by atoms with Crippen molar-refractivity contribution in [3.05, 3.63) is 112 Å². The Morgan fingerprint density at radius 3 is 1.57 bits per heavy atom. The number of ether oxygens (including phenoxy) is 2. The molecule has 0 saturated carbocycles. The van der Waals surface area contributed by atoms with Crippen molar-refractivity contribution in [3.63, 3.8) is 0 Å². The van der Waals surface area contributed by atoms with Crippen LogP contribution in [0, 0.1) is 13.8 Å². The number of aryl methyl sites for hydroxylation is 4. The maximum Gasteiger partial charge on any atom is 1.00 e. The maximum absolute atomic E-state index is 12.9. The third kappa shape index (κ3) is 14.6. The fraction of sp³-hybridized carbons (Fsp3) is 0.468. The number of nitrogens with zero attached hydrogens (tertiary/aromatic N) is 12. The molecule has 2 atom stereocenters. The summed E-state index contributed by atoms with van der Waals surface area (Å²) in [7, 11) is 7.15. The monoisotopic (exact) mass is 1300 g/mol. The van der Waals surface area contributed by atoms with Gasteiger partial charge in [-0.1, -0.05) is 31.7 Å². The van der Waals surface area contributed by atoms with Crippen molar-refractivity contribution in [3.8, 4) is 33.8 Å². The zero-order valence-corrected chi connectivity index (χ0v) is 59.7. The van der Waals surface area contributed by atoms with Crippen LogP contribution < -0.4 is 113 Å². The maximum atomic E-state index is 12.9. The van der Waals surface area contributed by atoms with E-state index in [1.807, 2.05) is 89.9 Å². The molecule has 3 saturated heterocycles. The van der Waals surface area contributed by atoms with Crippen molar-refractivity contribution in [2.75, 3.05) is 40.5 Å². The fourth-order valence-corrected chi connectivity index (χ4v) is 12.4. The van der Waals surface area contributed by atoms with E-state index in [-0.39, 0.29) is 153 Å². The molecule has 0 bridgehead atoms. The van der Waals surface area contributed by atoms with Gasteiger partial charge in [0.2, 0.25) is 11.8 Å². The standard InChI is InChI=1S/C27H30N6O2.C20H24BN3O2.C13H18BrN3O2.CH2O3.CH4.2K.H/c1-16-12-21-20(6-5-7-22(21)29-24(16)19-13-28-32(4)14-19)25-23-15-31(3)27(34)17(2)33(23)26(30-25)18-8-10-35-11-9-18;1-13-10-15-16(21-25-19(2,3)20(4,5)26-21)8-7-9-17(15)23-18(13)14-11-22-24(6)12-14;1-8-13(18)16(2)7-10-11(14)15-12(17(8)10)9-3-5-19-6-4-9;2-1-4-3;;;;/h5-7,12-14,17-18H,8-11,15H2,1-4H3;7-12H,1-6H3;8-9H,3-7H2,1-2H3;1,3H;1H4;;;/q;;;;;2*+1;-1/p-1. The smallest absolute Gasteiger partial charge is 1.00 e. The van der Waals surface area contributed by atoms with Gasteiger partial charge in [-0.15, -0.1) is 0 Å². The van der Waals surface area contributed by atoms with E-state index in [4.69, 9.17) is 43.8 Å². The van der Waals surface area contributed by atoms with Crippen LogP contribution in [0.4, 0.5) is 0 Å². The second-order valence-corrected chi connectivity index (χ2v) is 24.2. The molecule has 452 valence electrons. The molecule has 2 amide bonds. The quantitative estimate of drug-likeness (QED) is 0.0969. The van der Waals surface area contributed by atoms with Crippen molar-refractivity contribution < 1.29 is 148 Å². The van der Waals surface area contributed by atoms with Crippen LogP contribution in [0.2, 0.25) is 0 Å². The normalized spacial score (nSPS) is 18.8. The molecule has 0 spiro atoms. The zero-order chi connectivity index (χ0) is 59.9. The molecular weight excluding hydrogens is 1230 g/mol.